The van der Waals surface area contributed by atoms with Gasteiger partial charge >= 0.3 is 0 Å². The van der Waals surface area contributed by atoms with Crippen molar-refractivity contribution in [3.05, 3.63) is 59.8 Å². The van der Waals surface area contributed by atoms with Crippen LogP contribution in [-0.2, 0) is 18.3 Å². The van der Waals surface area contributed by atoms with Gasteiger partial charge in [-0.2, -0.15) is 0 Å². The van der Waals surface area contributed by atoms with Crippen molar-refractivity contribution in [3.8, 4) is 11.1 Å². The molecular weight excluding hydrogens is 354 g/mol. The van der Waals surface area contributed by atoms with Crippen LogP contribution in [0.4, 0.5) is 11.5 Å². The van der Waals surface area contributed by atoms with Crippen molar-refractivity contribution < 1.29 is 9.59 Å². The van der Waals surface area contributed by atoms with Crippen molar-refractivity contribution in [2.45, 2.75) is 19.8 Å². The van der Waals surface area contributed by atoms with Crippen LogP contribution < -0.4 is 10.2 Å². The number of anilines is 2. The molecule has 2 aromatic carbocycles. The molecule has 7 heteroatoms. The van der Waals surface area contributed by atoms with Gasteiger partial charge in [-0.15, -0.1) is 5.10 Å². The third kappa shape index (κ3) is 3.51. The van der Waals surface area contributed by atoms with E-state index in [1.54, 1.807) is 26.2 Å². The number of nitrogens with zero attached hydrogens (tertiary/aromatic N) is 4. The lowest BCUT2D eigenvalue weighted by atomic mass is 9.95. The highest BCUT2D eigenvalue weighted by Gasteiger charge is 2.20. The first-order valence-corrected chi connectivity index (χ1v) is 9.20. The highest BCUT2D eigenvalue weighted by Crippen LogP contribution is 2.32. The first-order valence-electron chi connectivity index (χ1n) is 9.20. The van der Waals surface area contributed by atoms with Gasteiger partial charge < -0.3 is 10.2 Å². The number of carbonyl (C=O) groups is 2. The minimum absolute atomic E-state index is 0.0661. The van der Waals surface area contributed by atoms with Crippen molar-refractivity contribution in [2.75, 3.05) is 16.8 Å². The largest absolute Gasteiger partial charge is 0.312 e. The number of fused-ring (bicyclic) bond motifs is 1. The summed E-state index contributed by atoms with van der Waals surface area (Å²) in [5.74, 6) is 0.246. The lowest BCUT2D eigenvalue weighted by Gasteiger charge is -2.29. The normalized spacial score (nSPS) is 13.1. The molecule has 0 fully saturated rings. The summed E-state index contributed by atoms with van der Waals surface area (Å²) >= 11 is 0. The second-order valence-electron chi connectivity index (χ2n) is 6.93. The molecule has 1 aliphatic rings. The van der Waals surface area contributed by atoms with Gasteiger partial charge in [-0.25, -0.2) is 0 Å². The molecule has 0 radical (unpaired) electrons. The number of benzene rings is 2. The number of aryl methyl sites for hydroxylation is 2. The van der Waals surface area contributed by atoms with Crippen LogP contribution in [0.3, 0.4) is 0 Å². The predicted octanol–water partition coefficient (Wildman–Crippen LogP) is 3.03. The zero-order chi connectivity index (χ0) is 19.7. The van der Waals surface area contributed by atoms with Crippen molar-refractivity contribution in [3.63, 3.8) is 0 Å². The average Bonchev–Trinajstić information content (AvgIpc) is 3.11. The Morgan fingerprint density at radius 3 is 2.68 bits per heavy atom. The summed E-state index contributed by atoms with van der Waals surface area (Å²) in [6, 6.07) is 13.6. The molecule has 7 nitrogen and oxygen atoms in total. The zero-order valence-corrected chi connectivity index (χ0v) is 15.8. The first-order chi connectivity index (χ1) is 13.5. The molecule has 0 atom stereocenters. The quantitative estimate of drug-likeness (QED) is 0.763. The molecule has 0 bridgehead atoms. The third-order valence-electron chi connectivity index (χ3n) is 4.88. The van der Waals surface area contributed by atoms with Crippen LogP contribution in [-0.4, -0.2) is 33.4 Å². The second kappa shape index (κ2) is 7.26. The van der Waals surface area contributed by atoms with E-state index in [-0.39, 0.29) is 11.8 Å². The fourth-order valence-electron chi connectivity index (χ4n) is 3.54. The number of rotatable bonds is 3. The van der Waals surface area contributed by atoms with Gasteiger partial charge in [0.1, 0.15) is 0 Å². The fourth-order valence-corrected chi connectivity index (χ4v) is 3.54. The van der Waals surface area contributed by atoms with Gasteiger partial charge in [-0.1, -0.05) is 23.4 Å². The van der Waals surface area contributed by atoms with Crippen LogP contribution in [0.5, 0.6) is 0 Å². The topological polar surface area (TPSA) is 80.1 Å². The van der Waals surface area contributed by atoms with Crippen LogP contribution >= 0.6 is 0 Å². The predicted molar refractivity (Wildman–Crippen MR) is 107 cm³/mol. The number of aromatic nitrogens is 3. The lowest BCUT2D eigenvalue weighted by Crippen LogP contribution is -2.33. The molecule has 1 N–H and O–H groups in total. The molecule has 0 unspecified atom stereocenters. The molecular formula is C21H21N5O2. The molecule has 1 aromatic heterocycles. The first kappa shape index (κ1) is 17.9. The number of amides is 2. The SMILES string of the molecule is CC(=O)N1CCCc2cc(-c3cccc(C(=O)Nc4cn(C)nn4)c3)ccc21. The number of nitrogens with one attached hydrogen (secondary N) is 1. The van der Waals surface area contributed by atoms with Gasteiger partial charge in [-0.05, 0) is 53.8 Å². The maximum atomic E-state index is 12.5. The van der Waals surface area contributed by atoms with Crippen molar-refractivity contribution in [1.82, 2.24) is 15.0 Å². The highest BCUT2D eigenvalue weighted by atomic mass is 16.2. The molecule has 142 valence electrons. The minimum Gasteiger partial charge on any atom is -0.312 e. The zero-order valence-electron chi connectivity index (χ0n) is 15.8. The van der Waals surface area contributed by atoms with Crippen LogP contribution in [0.25, 0.3) is 11.1 Å². The maximum absolute atomic E-state index is 12.5. The van der Waals surface area contributed by atoms with E-state index in [1.807, 2.05) is 35.2 Å². The summed E-state index contributed by atoms with van der Waals surface area (Å²) in [7, 11) is 1.74. The van der Waals surface area contributed by atoms with Gasteiger partial charge in [0.25, 0.3) is 5.91 Å². The number of hydrogen-bond acceptors (Lipinski definition) is 4. The third-order valence-corrected chi connectivity index (χ3v) is 4.88. The van der Waals surface area contributed by atoms with Crippen LogP contribution in [0.15, 0.2) is 48.7 Å². The Hall–Kier alpha value is -3.48. The van der Waals surface area contributed by atoms with E-state index >= 15 is 0 Å². The summed E-state index contributed by atoms with van der Waals surface area (Å²) in [4.78, 5) is 26.2. The standard InChI is InChI=1S/C21H21N5O2/c1-14(27)26-10-4-7-17-11-16(8-9-19(17)26)15-5-3-6-18(12-15)21(28)22-20-13-25(2)24-23-20/h3,5-6,8-9,11-13H,4,7,10H2,1-2H3,(H,22,28). The summed E-state index contributed by atoms with van der Waals surface area (Å²) < 4.78 is 1.53. The fraction of sp³-hybridized carbons (Fsp3) is 0.238. The number of hydrogen-bond donors (Lipinski definition) is 1. The van der Waals surface area contributed by atoms with Crippen LogP contribution in [0.2, 0.25) is 0 Å². The Labute approximate surface area is 163 Å². The van der Waals surface area contributed by atoms with E-state index in [9.17, 15) is 9.59 Å². The Morgan fingerprint density at radius 2 is 1.93 bits per heavy atom. The molecule has 2 heterocycles. The second-order valence-corrected chi connectivity index (χ2v) is 6.93. The highest BCUT2D eigenvalue weighted by molar-refractivity contribution is 6.04. The van der Waals surface area contributed by atoms with E-state index in [2.05, 4.69) is 21.7 Å². The Balaban J connectivity index is 1.61. The summed E-state index contributed by atoms with van der Waals surface area (Å²) in [5.41, 5.74) is 4.67. The summed E-state index contributed by atoms with van der Waals surface area (Å²) in [6.07, 6.45) is 3.54. The van der Waals surface area contributed by atoms with Crippen molar-refractivity contribution >= 4 is 23.3 Å². The van der Waals surface area contributed by atoms with Gasteiger partial charge in [0.2, 0.25) is 5.91 Å². The van der Waals surface area contributed by atoms with E-state index in [0.29, 0.717) is 11.4 Å². The van der Waals surface area contributed by atoms with Gasteiger partial charge in [0, 0.05) is 31.8 Å². The van der Waals surface area contributed by atoms with E-state index in [1.165, 1.54) is 4.68 Å². The average molecular weight is 375 g/mol. The van der Waals surface area contributed by atoms with E-state index < -0.39 is 0 Å². The smallest absolute Gasteiger partial charge is 0.256 e. The molecule has 1 aliphatic heterocycles. The monoisotopic (exact) mass is 375 g/mol. The molecule has 3 aromatic rings. The molecule has 0 saturated heterocycles. The summed E-state index contributed by atoms with van der Waals surface area (Å²) in [5, 5.41) is 10.4. The summed E-state index contributed by atoms with van der Waals surface area (Å²) in [6.45, 7) is 2.36. The molecule has 0 saturated carbocycles. The van der Waals surface area contributed by atoms with Gasteiger partial charge in [0.05, 0.1) is 6.20 Å². The minimum atomic E-state index is -0.233. The molecule has 28 heavy (non-hydrogen) atoms. The molecule has 4 rings (SSSR count). The Bertz CT molecular complexity index is 1060. The maximum Gasteiger partial charge on any atom is 0.256 e. The lowest BCUT2D eigenvalue weighted by molar-refractivity contribution is -0.116. The molecule has 0 aliphatic carbocycles. The van der Waals surface area contributed by atoms with Gasteiger partial charge in [-0.3, -0.25) is 14.3 Å². The molecule has 2 amide bonds. The van der Waals surface area contributed by atoms with E-state index in [0.717, 1.165) is 41.8 Å². The van der Waals surface area contributed by atoms with E-state index in [4.69, 9.17) is 0 Å². The Kier molecular flexibility index (Phi) is 4.65. The Morgan fingerprint density at radius 1 is 1.11 bits per heavy atom. The van der Waals surface area contributed by atoms with Gasteiger partial charge in [0.15, 0.2) is 5.82 Å². The van der Waals surface area contributed by atoms with Crippen molar-refractivity contribution in [1.29, 1.82) is 0 Å². The van der Waals surface area contributed by atoms with Crippen molar-refractivity contribution in [2.24, 2.45) is 7.05 Å². The van der Waals surface area contributed by atoms with Crippen LogP contribution in [0, 0.1) is 0 Å². The van der Waals surface area contributed by atoms with Crippen LogP contribution in [0.1, 0.15) is 29.3 Å². The number of carbonyl (C=O) groups excluding carboxylic acids is 2. The molecule has 0 spiro atoms.